The van der Waals surface area contributed by atoms with Gasteiger partial charge < -0.3 is 20.9 Å². The third-order valence-corrected chi connectivity index (χ3v) is 2.52. The Balaban J connectivity index is 3.13. The predicted octanol–water partition coefficient (Wildman–Crippen LogP) is 1.32. The summed E-state index contributed by atoms with van der Waals surface area (Å²) in [6.07, 6.45) is -4.66. The van der Waals surface area contributed by atoms with Crippen molar-refractivity contribution in [2.45, 2.75) is 12.2 Å². The Labute approximate surface area is 117 Å². The molecule has 1 amide bonds. The number of ether oxygens (including phenoxy) is 1. The van der Waals surface area contributed by atoms with Crippen molar-refractivity contribution in [3.8, 4) is 0 Å². The highest BCUT2D eigenvalue weighted by molar-refractivity contribution is 6.02. The number of carbonyl (C=O) groups excluding carboxylic acids is 1. The van der Waals surface area contributed by atoms with Gasteiger partial charge in [0.25, 0.3) is 0 Å². The lowest BCUT2D eigenvalue weighted by Gasteiger charge is -2.15. The second kappa shape index (κ2) is 6.55. The molecule has 21 heavy (non-hydrogen) atoms. The van der Waals surface area contributed by atoms with Crippen LogP contribution < -0.4 is 11.1 Å². The molecular weight excluding hydrogens is 293 g/mol. The highest BCUT2D eigenvalue weighted by atomic mass is 19.4. The van der Waals surface area contributed by atoms with Crippen molar-refractivity contribution < 1.29 is 32.6 Å². The van der Waals surface area contributed by atoms with Crippen LogP contribution in [0.3, 0.4) is 0 Å². The van der Waals surface area contributed by atoms with Crippen LogP contribution in [0, 0.1) is 0 Å². The van der Waals surface area contributed by atoms with Gasteiger partial charge in [0.05, 0.1) is 23.4 Å². The molecule has 1 aromatic rings. The molecule has 0 heterocycles. The van der Waals surface area contributed by atoms with Crippen molar-refractivity contribution in [2.24, 2.45) is 5.73 Å². The monoisotopic (exact) mass is 306 g/mol. The van der Waals surface area contributed by atoms with Crippen molar-refractivity contribution in [2.75, 3.05) is 19.0 Å². The molecule has 0 bridgehead atoms. The molecule has 0 saturated heterocycles. The molecule has 0 aliphatic carbocycles. The summed E-state index contributed by atoms with van der Waals surface area (Å²) in [5, 5.41) is 11.0. The van der Waals surface area contributed by atoms with Crippen LogP contribution in [0.5, 0.6) is 0 Å². The largest absolute Gasteiger partial charge is 0.478 e. The zero-order valence-corrected chi connectivity index (χ0v) is 10.9. The maximum absolute atomic E-state index is 12.6. The Kier molecular flexibility index (Phi) is 5.28. The second-order valence-corrected chi connectivity index (χ2v) is 4.11. The summed E-state index contributed by atoms with van der Waals surface area (Å²) in [4.78, 5) is 22.6. The number of carboxylic acids is 1. The first kappa shape index (κ1) is 16.9. The van der Waals surface area contributed by atoms with Gasteiger partial charge in [-0.05, 0) is 18.2 Å². The third-order valence-electron chi connectivity index (χ3n) is 2.52. The van der Waals surface area contributed by atoms with Crippen molar-refractivity contribution in [3.63, 3.8) is 0 Å². The topological polar surface area (TPSA) is 102 Å². The number of carbonyl (C=O) groups is 2. The van der Waals surface area contributed by atoms with Crippen LogP contribution >= 0.6 is 0 Å². The van der Waals surface area contributed by atoms with E-state index in [1.54, 1.807) is 0 Å². The SMILES string of the molecule is COCC(N)C(=O)Nc1cc(C(F)(F)F)ccc1C(=O)O. The molecule has 116 valence electrons. The second-order valence-electron chi connectivity index (χ2n) is 4.11. The molecule has 1 atom stereocenters. The molecule has 1 unspecified atom stereocenters. The summed E-state index contributed by atoms with van der Waals surface area (Å²) in [6.45, 7) is -0.160. The van der Waals surface area contributed by atoms with E-state index in [1.165, 1.54) is 7.11 Å². The summed E-state index contributed by atoms with van der Waals surface area (Å²) >= 11 is 0. The normalized spacial score (nSPS) is 12.8. The Hall–Kier alpha value is -2.13. The number of hydrogen-bond donors (Lipinski definition) is 3. The molecule has 9 heteroatoms. The average molecular weight is 306 g/mol. The van der Waals surface area contributed by atoms with E-state index in [0.29, 0.717) is 12.1 Å². The number of nitrogens with one attached hydrogen (secondary N) is 1. The van der Waals surface area contributed by atoms with Crippen LogP contribution in [0.15, 0.2) is 18.2 Å². The van der Waals surface area contributed by atoms with Gasteiger partial charge in [-0.1, -0.05) is 0 Å². The first-order chi connectivity index (χ1) is 9.66. The number of rotatable bonds is 5. The minimum atomic E-state index is -4.66. The van der Waals surface area contributed by atoms with Gasteiger partial charge in [-0.3, -0.25) is 4.79 Å². The Morgan fingerprint density at radius 2 is 2.05 bits per heavy atom. The zero-order chi connectivity index (χ0) is 16.2. The van der Waals surface area contributed by atoms with Gasteiger partial charge in [0.2, 0.25) is 5.91 Å². The molecule has 1 aromatic carbocycles. The predicted molar refractivity (Wildman–Crippen MR) is 66.9 cm³/mol. The van der Waals surface area contributed by atoms with Gasteiger partial charge in [-0.2, -0.15) is 13.2 Å². The standard InChI is InChI=1S/C12H13F3N2O4/c1-21-5-8(16)10(18)17-9-4-6(12(13,14)15)2-3-7(9)11(19)20/h2-4,8H,5,16H2,1H3,(H,17,18)(H,19,20). The lowest BCUT2D eigenvalue weighted by atomic mass is 10.1. The maximum Gasteiger partial charge on any atom is 0.416 e. The van der Waals surface area contributed by atoms with Crippen LogP contribution in [0.25, 0.3) is 0 Å². The van der Waals surface area contributed by atoms with Gasteiger partial charge in [0.1, 0.15) is 6.04 Å². The first-order valence-corrected chi connectivity index (χ1v) is 5.66. The lowest BCUT2D eigenvalue weighted by Crippen LogP contribution is -2.39. The molecule has 1 rings (SSSR count). The molecule has 0 spiro atoms. The quantitative estimate of drug-likeness (QED) is 0.761. The van der Waals surface area contributed by atoms with Crippen molar-refractivity contribution in [1.29, 1.82) is 0 Å². The average Bonchev–Trinajstić information content (AvgIpc) is 2.37. The highest BCUT2D eigenvalue weighted by Gasteiger charge is 2.32. The minimum Gasteiger partial charge on any atom is -0.478 e. The molecule has 0 aliphatic heterocycles. The number of hydrogen-bond acceptors (Lipinski definition) is 4. The number of halogens is 3. The summed E-state index contributed by atoms with van der Waals surface area (Å²) in [6, 6.07) is 0.795. The Bertz CT molecular complexity index is 546. The van der Waals surface area contributed by atoms with Crippen molar-refractivity contribution in [1.82, 2.24) is 0 Å². The van der Waals surface area contributed by atoms with E-state index in [0.717, 1.165) is 6.07 Å². The lowest BCUT2D eigenvalue weighted by molar-refractivity contribution is -0.137. The number of nitrogens with two attached hydrogens (primary N) is 1. The number of carboxylic acid groups (broad SMARTS) is 1. The highest BCUT2D eigenvalue weighted by Crippen LogP contribution is 2.32. The number of methoxy groups -OCH3 is 1. The van der Waals surface area contributed by atoms with E-state index in [1.807, 2.05) is 0 Å². The molecule has 0 fully saturated rings. The first-order valence-electron chi connectivity index (χ1n) is 5.66. The van der Waals surface area contributed by atoms with Crippen LogP contribution in [0.1, 0.15) is 15.9 Å². The Morgan fingerprint density at radius 3 is 2.52 bits per heavy atom. The smallest absolute Gasteiger partial charge is 0.416 e. The van der Waals surface area contributed by atoms with Crippen molar-refractivity contribution in [3.05, 3.63) is 29.3 Å². The number of benzene rings is 1. The molecular formula is C12H13F3N2O4. The molecule has 0 radical (unpaired) electrons. The Morgan fingerprint density at radius 1 is 1.43 bits per heavy atom. The number of amides is 1. The van der Waals surface area contributed by atoms with Crippen molar-refractivity contribution >= 4 is 17.6 Å². The zero-order valence-electron chi connectivity index (χ0n) is 10.9. The fourth-order valence-electron chi connectivity index (χ4n) is 1.49. The van der Waals surface area contributed by atoms with E-state index >= 15 is 0 Å². The van der Waals surface area contributed by atoms with Gasteiger partial charge >= 0.3 is 12.1 Å². The molecule has 0 aromatic heterocycles. The van der Waals surface area contributed by atoms with Gasteiger partial charge in [0, 0.05) is 7.11 Å². The maximum atomic E-state index is 12.6. The van der Waals surface area contributed by atoms with Crippen LogP contribution in [-0.2, 0) is 15.7 Å². The van der Waals surface area contributed by atoms with E-state index in [4.69, 9.17) is 10.8 Å². The number of aromatic carboxylic acids is 1. The molecule has 4 N–H and O–H groups in total. The molecule has 6 nitrogen and oxygen atoms in total. The molecule has 0 aliphatic rings. The van der Waals surface area contributed by atoms with E-state index in [-0.39, 0.29) is 6.61 Å². The minimum absolute atomic E-state index is 0.160. The van der Waals surface area contributed by atoms with Gasteiger partial charge in [-0.15, -0.1) is 0 Å². The fraction of sp³-hybridized carbons (Fsp3) is 0.333. The van der Waals surface area contributed by atoms with E-state index < -0.39 is 40.9 Å². The number of alkyl halides is 3. The van der Waals surface area contributed by atoms with Crippen LogP contribution in [0.2, 0.25) is 0 Å². The summed E-state index contributed by atoms with van der Waals surface area (Å²) in [7, 11) is 1.29. The fourth-order valence-corrected chi connectivity index (χ4v) is 1.49. The van der Waals surface area contributed by atoms with Gasteiger partial charge in [-0.25, -0.2) is 4.79 Å². The number of anilines is 1. The van der Waals surface area contributed by atoms with Crippen LogP contribution in [-0.4, -0.2) is 36.7 Å². The molecule has 0 saturated carbocycles. The van der Waals surface area contributed by atoms with Crippen LogP contribution in [0.4, 0.5) is 18.9 Å². The summed E-state index contributed by atoms with van der Waals surface area (Å²) in [5.41, 5.74) is 3.39. The van der Waals surface area contributed by atoms with E-state index in [9.17, 15) is 22.8 Å². The van der Waals surface area contributed by atoms with Gasteiger partial charge in [0.15, 0.2) is 0 Å². The van der Waals surface area contributed by atoms with E-state index in [2.05, 4.69) is 10.1 Å². The third kappa shape index (κ3) is 4.43. The summed E-state index contributed by atoms with van der Waals surface area (Å²) < 4.78 is 42.5. The summed E-state index contributed by atoms with van der Waals surface area (Å²) in [5.74, 6) is -2.32.